The SMILES string of the molecule is COc1cc(C2(O)CCN(Cc3ccccc3)CC2C)c2occc2c1. The number of benzene rings is 2. The molecule has 2 atom stereocenters. The molecule has 4 heteroatoms. The largest absolute Gasteiger partial charge is 0.497 e. The molecule has 2 heterocycles. The number of likely N-dealkylation sites (tertiary alicyclic amines) is 1. The molecule has 1 fully saturated rings. The summed E-state index contributed by atoms with van der Waals surface area (Å²) in [4.78, 5) is 2.41. The van der Waals surface area contributed by atoms with Crippen molar-refractivity contribution in [3.8, 4) is 5.75 Å². The summed E-state index contributed by atoms with van der Waals surface area (Å²) in [5.41, 5.74) is 1.98. The van der Waals surface area contributed by atoms with E-state index in [1.54, 1.807) is 13.4 Å². The van der Waals surface area contributed by atoms with Gasteiger partial charge in [-0.1, -0.05) is 37.3 Å². The third-order valence-electron chi connectivity index (χ3n) is 5.63. The number of methoxy groups -OCH3 is 1. The first kappa shape index (κ1) is 17.1. The van der Waals surface area contributed by atoms with Gasteiger partial charge in [0.1, 0.15) is 11.3 Å². The van der Waals surface area contributed by atoms with Crippen molar-refractivity contribution >= 4 is 11.0 Å². The van der Waals surface area contributed by atoms with E-state index >= 15 is 0 Å². The minimum absolute atomic E-state index is 0.0837. The summed E-state index contributed by atoms with van der Waals surface area (Å²) in [6.07, 6.45) is 2.34. The summed E-state index contributed by atoms with van der Waals surface area (Å²) in [7, 11) is 1.65. The smallest absolute Gasteiger partial charge is 0.140 e. The zero-order chi connectivity index (χ0) is 18.1. The van der Waals surface area contributed by atoms with Gasteiger partial charge in [-0.3, -0.25) is 4.90 Å². The van der Waals surface area contributed by atoms with Crippen LogP contribution in [0, 0.1) is 5.92 Å². The van der Waals surface area contributed by atoms with Gasteiger partial charge in [0.2, 0.25) is 0 Å². The van der Waals surface area contributed by atoms with Crippen LogP contribution in [0.1, 0.15) is 24.5 Å². The normalized spacial score (nSPS) is 24.0. The lowest BCUT2D eigenvalue weighted by atomic mass is 9.76. The van der Waals surface area contributed by atoms with E-state index in [2.05, 4.69) is 36.1 Å². The summed E-state index contributed by atoms with van der Waals surface area (Å²) in [6.45, 7) is 4.71. The Hall–Kier alpha value is -2.30. The van der Waals surface area contributed by atoms with Crippen molar-refractivity contribution in [3.05, 3.63) is 65.9 Å². The summed E-state index contributed by atoms with van der Waals surface area (Å²) in [5, 5.41) is 12.6. The van der Waals surface area contributed by atoms with Crippen LogP contribution in [0.4, 0.5) is 0 Å². The van der Waals surface area contributed by atoms with Crippen LogP contribution < -0.4 is 4.74 Å². The van der Waals surface area contributed by atoms with Crippen molar-refractivity contribution in [2.45, 2.75) is 25.5 Å². The zero-order valence-corrected chi connectivity index (χ0v) is 15.3. The summed E-state index contributed by atoms with van der Waals surface area (Å²) < 4.78 is 11.1. The number of rotatable bonds is 4. The van der Waals surface area contributed by atoms with Crippen LogP contribution in [-0.4, -0.2) is 30.2 Å². The molecular weight excluding hydrogens is 326 g/mol. The number of furan rings is 1. The topological polar surface area (TPSA) is 45.8 Å². The molecule has 0 radical (unpaired) electrons. The summed E-state index contributed by atoms with van der Waals surface area (Å²) >= 11 is 0. The first-order valence-electron chi connectivity index (χ1n) is 9.14. The number of nitrogens with zero attached hydrogens (tertiary/aromatic N) is 1. The van der Waals surface area contributed by atoms with Crippen molar-refractivity contribution in [2.75, 3.05) is 20.2 Å². The minimum Gasteiger partial charge on any atom is -0.497 e. The van der Waals surface area contributed by atoms with Gasteiger partial charge >= 0.3 is 0 Å². The highest BCUT2D eigenvalue weighted by Gasteiger charge is 2.42. The molecule has 0 aliphatic carbocycles. The lowest BCUT2D eigenvalue weighted by molar-refractivity contribution is -0.0723. The van der Waals surface area contributed by atoms with Crippen LogP contribution in [0.2, 0.25) is 0 Å². The fraction of sp³-hybridized carbons (Fsp3) is 0.364. The van der Waals surface area contributed by atoms with E-state index in [0.29, 0.717) is 6.42 Å². The Balaban J connectivity index is 1.61. The van der Waals surface area contributed by atoms with E-state index in [1.807, 2.05) is 24.3 Å². The Morgan fingerprint density at radius 1 is 1.23 bits per heavy atom. The van der Waals surface area contributed by atoms with Gasteiger partial charge in [-0.25, -0.2) is 0 Å². The molecule has 0 saturated carbocycles. The third-order valence-corrected chi connectivity index (χ3v) is 5.63. The van der Waals surface area contributed by atoms with Crippen molar-refractivity contribution < 1.29 is 14.3 Å². The van der Waals surface area contributed by atoms with Crippen LogP contribution in [0.3, 0.4) is 0 Å². The van der Waals surface area contributed by atoms with Crippen molar-refractivity contribution in [2.24, 2.45) is 5.92 Å². The van der Waals surface area contributed by atoms with Gasteiger partial charge in [0.05, 0.1) is 19.0 Å². The molecule has 0 bridgehead atoms. The molecular formula is C22H25NO3. The molecule has 1 aliphatic heterocycles. The predicted octanol–water partition coefficient (Wildman–Crippen LogP) is 4.17. The van der Waals surface area contributed by atoms with Crippen molar-refractivity contribution in [1.29, 1.82) is 0 Å². The molecule has 4 rings (SSSR count). The standard InChI is InChI=1S/C22H25NO3/c1-16-14-23(15-17-6-4-3-5-7-17)10-9-22(16,24)20-13-19(25-2)12-18-8-11-26-21(18)20/h3-8,11-13,16,24H,9-10,14-15H2,1-2H3. The maximum absolute atomic E-state index is 11.6. The van der Waals surface area contributed by atoms with Gasteiger partial charge in [0.25, 0.3) is 0 Å². The van der Waals surface area contributed by atoms with E-state index in [1.165, 1.54) is 5.56 Å². The highest BCUT2D eigenvalue weighted by molar-refractivity contribution is 5.83. The summed E-state index contributed by atoms with van der Waals surface area (Å²) in [5.74, 6) is 0.835. The second-order valence-electron chi connectivity index (χ2n) is 7.31. The lowest BCUT2D eigenvalue weighted by Crippen LogP contribution is -2.48. The molecule has 2 unspecified atom stereocenters. The first-order valence-corrected chi connectivity index (χ1v) is 9.14. The Labute approximate surface area is 154 Å². The predicted molar refractivity (Wildman–Crippen MR) is 102 cm³/mol. The Bertz CT molecular complexity index is 889. The highest BCUT2D eigenvalue weighted by Crippen LogP contribution is 2.42. The molecule has 136 valence electrons. The third kappa shape index (κ3) is 3.00. The molecule has 1 N–H and O–H groups in total. The number of hydrogen-bond acceptors (Lipinski definition) is 4. The zero-order valence-electron chi connectivity index (χ0n) is 15.3. The Kier molecular flexibility index (Phi) is 4.47. The van der Waals surface area contributed by atoms with Gasteiger partial charge in [0, 0.05) is 36.5 Å². The first-order chi connectivity index (χ1) is 12.6. The molecule has 1 aromatic heterocycles. The van der Waals surface area contributed by atoms with Crippen molar-refractivity contribution in [3.63, 3.8) is 0 Å². The fourth-order valence-electron chi connectivity index (χ4n) is 4.08. The number of fused-ring (bicyclic) bond motifs is 1. The molecule has 0 spiro atoms. The number of hydrogen-bond donors (Lipinski definition) is 1. The minimum atomic E-state index is -0.919. The quantitative estimate of drug-likeness (QED) is 0.766. The summed E-state index contributed by atoms with van der Waals surface area (Å²) in [6, 6.07) is 16.3. The highest BCUT2D eigenvalue weighted by atomic mass is 16.5. The van der Waals surface area contributed by atoms with E-state index < -0.39 is 5.60 Å². The maximum Gasteiger partial charge on any atom is 0.140 e. The maximum atomic E-state index is 11.6. The molecule has 4 nitrogen and oxygen atoms in total. The molecule has 0 amide bonds. The molecule has 3 aromatic rings. The van der Waals surface area contributed by atoms with Gasteiger partial charge in [-0.2, -0.15) is 0 Å². The molecule has 2 aromatic carbocycles. The van der Waals surface area contributed by atoms with Crippen LogP contribution in [-0.2, 0) is 12.1 Å². The molecule has 1 saturated heterocycles. The monoisotopic (exact) mass is 351 g/mol. The van der Waals surface area contributed by atoms with E-state index in [-0.39, 0.29) is 5.92 Å². The van der Waals surface area contributed by atoms with Crippen LogP contribution >= 0.6 is 0 Å². The van der Waals surface area contributed by atoms with E-state index in [0.717, 1.165) is 41.9 Å². The second kappa shape index (κ2) is 6.78. The number of aliphatic hydroxyl groups is 1. The Morgan fingerprint density at radius 2 is 2.04 bits per heavy atom. The van der Waals surface area contributed by atoms with E-state index in [9.17, 15) is 5.11 Å². The Morgan fingerprint density at radius 3 is 2.77 bits per heavy atom. The van der Waals surface area contributed by atoms with Gasteiger partial charge in [-0.05, 0) is 30.2 Å². The lowest BCUT2D eigenvalue weighted by Gasteiger charge is -2.43. The fourth-order valence-corrected chi connectivity index (χ4v) is 4.08. The van der Waals surface area contributed by atoms with Crippen LogP contribution in [0.5, 0.6) is 5.75 Å². The number of piperidine rings is 1. The molecule has 26 heavy (non-hydrogen) atoms. The number of ether oxygens (including phenoxy) is 1. The van der Waals surface area contributed by atoms with Crippen molar-refractivity contribution in [1.82, 2.24) is 4.90 Å². The van der Waals surface area contributed by atoms with Crippen LogP contribution in [0.15, 0.2) is 59.2 Å². The second-order valence-corrected chi connectivity index (χ2v) is 7.31. The van der Waals surface area contributed by atoms with Crippen LogP contribution in [0.25, 0.3) is 11.0 Å². The van der Waals surface area contributed by atoms with Gasteiger partial charge in [-0.15, -0.1) is 0 Å². The van der Waals surface area contributed by atoms with Gasteiger partial charge < -0.3 is 14.3 Å². The molecule has 1 aliphatic rings. The van der Waals surface area contributed by atoms with Gasteiger partial charge in [0.15, 0.2) is 0 Å². The average molecular weight is 351 g/mol. The van der Waals surface area contributed by atoms with E-state index in [4.69, 9.17) is 9.15 Å². The average Bonchev–Trinajstić information content (AvgIpc) is 3.13.